The zero-order valence-electron chi connectivity index (χ0n) is 10.8. The van der Waals surface area contributed by atoms with Crippen LogP contribution in [-0.2, 0) is 0 Å². The van der Waals surface area contributed by atoms with Crippen molar-refractivity contribution in [1.82, 2.24) is 0 Å². The van der Waals surface area contributed by atoms with Crippen LogP contribution in [-0.4, -0.2) is 5.78 Å². The molecule has 0 N–H and O–H groups in total. The fourth-order valence-electron chi connectivity index (χ4n) is 1.81. The van der Waals surface area contributed by atoms with Crippen LogP contribution >= 0.6 is 0 Å². The highest BCUT2D eigenvalue weighted by Gasteiger charge is 2.29. The molecule has 2 heteroatoms. The number of hydrogen-bond donors (Lipinski definition) is 0. The molecule has 0 radical (unpaired) electrons. The summed E-state index contributed by atoms with van der Waals surface area (Å²) in [5, 5.41) is 1.00. The van der Waals surface area contributed by atoms with Gasteiger partial charge in [0.05, 0.1) is 0 Å². The van der Waals surface area contributed by atoms with Crippen LogP contribution in [0.1, 0.15) is 43.3 Å². The van der Waals surface area contributed by atoms with Crippen LogP contribution in [0.25, 0.3) is 11.0 Å². The summed E-state index contributed by atoms with van der Waals surface area (Å²) < 4.78 is 5.70. The molecule has 2 aromatic rings. The first-order chi connectivity index (χ1) is 7.95. The topological polar surface area (TPSA) is 30.2 Å². The highest BCUT2D eigenvalue weighted by molar-refractivity contribution is 6.01. The molecule has 0 aliphatic carbocycles. The molecule has 0 unspecified atom stereocenters. The van der Waals surface area contributed by atoms with Crippen LogP contribution in [0.3, 0.4) is 0 Å². The third kappa shape index (κ3) is 1.99. The molecule has 0 saturated carbocycles. The van der Waals surface area contributed by atoms with Crippen molar-refractivity contribution in [2.45, 2.75) is 34.1 Å². The minimum Gasteiger partial charge on any atom is -0.453 e. The van der Waals surface area contributed by atoms with Gasteiger partial charge in [-0.25, -0.2) is 0 Å². The number of rotatable bonds is 3. The van der Waals surface area contributed by atoms with Gasteiger partial charge in [0.2, 0.25) is 5.78 Å². The SMILES string of the molecule is CCC(C)(C)C(=O)c1cc2cccc(C)c2o1. The Labute approximate surface area is 102 Å². The van der Waals surface area contributed by atoms with Gasteiger partial charge in [-0.3, -0.25) is 4.79 Å². The molecule has 0 saturated heterocycles. The van der Waals surface area contributed by atoms with Crippen molar-refractivity contribution in [2.75, 3.05) is 0 Å². The predicted octanol–water partition coefficient (Wildman–Crippen LogP) is 4.36. The Morgan fingerprint density at radius 1 is 1.35 bits per heavy atom. The summed E-state index contributed by atoms with van der Waals surface area (Å²) in [6.45, 7) is 7.92. The number of fused-ring (bicyclic) bond motifs is 1. The van der Waals surface area contributed by atoms with Crippen molar-refractivity contribution in [2.24, 2.45) is 5.41 Å². The fourth-order valence-corrected chi connectivity index (χ4v) is 1.81. The molecule has 1 aromatic carbocycles. The lowest BCUT2D eigenvalue weighted by Gasteiger charge is -2.18. The molecule has 2 rings (SSSR count). The van der Waals surface area contributed by atoms with E-state index in [1.807, 2.05) is 52.0 Å². The largest absolute Gasteiger partial charge is 0.453 e. The smallest absolute Gasteiger partial charge is 0.203 e. The minimum atomic E-state index is -0.359. The molecule has 0 aliphatic heterocycles. The number of ketones is 1. The zero-order valence-corrected chi connectivity index (χ0v) is 10.8. The van der Waals surface area contributed by atoms with Crippen molar-refractivity contribution in [3.8, 4) is 0 Å². The molecule has 90 valence electrons. The zero-order chi connectivity index (χ0) is 12.6. The summed E-state index contributed by atoms with van der Waals surface area (Å²) in [6, 6.07) is 7.79. The fraction of sp³-hybridized carbons (Fsp3) is 0.400. The number of carbonyl (C=O) groups excluding carboxylic acids is 1. The van der Waals surface area contributed by atoms with Gasteiger partial charge in [0.15, 0.2) is 5.76 Å². The second-order valence-electron chi connectivity index (χ2n) is 5.17. The van der Waals surface area contributed by atoms with Crippen LogP contribution in [0.5, 0.6) is 0 Å². The Balaban J connectivity index is 2.51. The number of carbonyl (C=O) groups is 1. The van der Waals surface area contributed by atoms with Gasteiger partial charge in [0.1, 0.15) is 5.58 Å². The Kier molecular flexibility index (Phi) is 2.82. The Morgan fingerprint density at radius 2 is 2.06 bits per heavy atom. The van der Waals surface area contributed by atoms with E-state index in [0.29, 0.717) is 5.76 Å². The first kappa shape index (κ1) is 11.9. The first-order valence-electron chi connectivity index (χ1n) is 5.99. The quantitative estimate of drug-likeness (QED) is 0.733. The normalized spacial score (nSPS) is 12.0. The highest BCUT2D eigenvalue weighted by atomic mass is 16.3. The van der Waals surface area contributed by atoms with E-state index < -0.39 is 0 Å². The molecular formula is C15H18O2. The van der Waals surface area contributed by atoms with Crippen molar-refractivity contribution in [1.29, 1.82) is 0 Å². The van der Waals surface area contributed by atoms with Crippen molar-refractivity contribution in [3.63, 3.8) is 0 Å². The summed E-state index contributed by atoms with van der Waals surface area (Å²) in [4.78, 5) is 12.3. The van der Waals surface area contributed by atoms with Crippen LogP contribution < -0.4 is 0 Å². The second-order valence-corrected chi connectivity index (χ2v) is 5.17. The maximum absolute atomic E-state index is 12.3. The van der Waals surface area contributed by atoms with Gasteiger partial charge < -0.3 is 4.42 Å². The van der Waals surface area contributed by atoms with Gasteiger partial charge in [-0.2, -0.15) is 0 Å². The number of aryl methyl sites for hydroxylation is 1. The van der Waals surface area contributed by atoms with Gasteiger partial charge in [-0.15, -0.1) is 0 Å². The Bertz CT molecular complexity index is 561. The molecule has 1 heterocycles. The summed E-state index contributed by atoms with van der Waals surface area (Å²) in [6.07, 6.45) is 0.807. The molecule has 0 atom stereocenters. The van der Waals surface area contributed by atoms with Gasteiger partial charge in [0.25, 0.3) is 0 Å². The molecule has 2 nitrogen and oxygen atoms in total. The van der Waals surface area contributed by atoms with E-state index in [4.69, 9.17) is 4.42 Å². The van der Waals surface area contributed by atoms with E-state index in [-0.39, 0.29) is 11.2 Å². The van der Waals surface area contributed by atoms with E-state index in [9.17, 15) is 4.79 Å². The number of para-hydroxylation sites is 1. The molecular weight excluding hydrogens is 212 g/mol. The average Bonchev–Trinajstić information content (AvgIpc) is 2.73. The minimum absolute atomic E-state index is 0.0793. The van der Waals surface area contributed by atoms with Crippen LogP contribution in [0, 0.1) is 12.3 Å². The third-order valence-corrected chi connectivity index (χ3v) is 3.46. The average molecular weight is 230 g/mol. The molecule has 0 amide bonds. The number of hydrogen-bond acceptors (Lipinski definition) is 2. The molecule has 1 aromatic heterocycles. The van der Waals surface area contributed by atoms with Crippen molar-refractivity contribution >= 4 is 16.8 Å². The lowest BCUT2D eigenvalue weighted by atomic mass is 9.84. The molecule has 0 aliphatic rings. The second kappa shape index (κ2) is 4.02. The van der Waals surface area contributed by atoms with E-state index in [2.05, 4.69) is 0 Å². The van der Waals surface area contributed by atoms with Crippen LogP contribution in [0.4, 0.5) is 0 Å². The standard InChI is InChI=1S/C15H18O2/c1-5-15(3,4)14(16)12-9-11-8-6-7-10(2)13(11)17-12/h6-9H,5H2,1-4H3. The van der Waals surface area contributed by atoms with E-state index >= 15 is 0 Å². The number of Topliss-reactive ketones (excluding diaryl/α,β-unsaturated/α-hetero) is 1. The number of benzene rings is 1. The van der Waals surface area contributed by atoms with Crippen LogP contribution in [0.2, 0.25) is 0 Å². The Hall–Kier alpha value is -1.57. The van der Waals surface area contributed by atoms with E-state index in [0.717, 1.165) is 23.0 Å². The summed E-state index contributed by atoms with van der Waals surface area (Å²) in [7, 11) is 0. The van der Waals surface area contributed by atoms with Crippen molar-refractivity contribution < 1.29 is 9.21 Å². The molecule has 0 spiro atoms. The molecule has 0 fully saturated rings. The Morgan fingerprint density at radius 3 is 2.65 bits per heavy atom. The maximum atomic E-state index is 12.3. The van der Waals surface area contributed by atoms with Gasteiger partial charge >= 0.3 is 0 Å². The number of furan rings is 1. The van der Waals surface area contributed by atoms with Gasteiger partial charge in [-0.1, -0.05) is 39.0 Å². The molecule has 17 heavy (non-hydrogen) atoms. The molecule has 0 bridgehead atoms. The maximum Gasteiger partial charge on any atom is 0.203 e. The monoisotopic (exact) mass is 230 g/mol. The summed E-state index contributed by atoms with van der Waals surface area (Å²) in [5.74, 6) is 0.553. The van der Waals surface area contributed by atoms with E-state index in [1.54, 1.807) is 0 Å². The van der Waals surface area contributed by atoms with Gasteiger partial charge in [-0.05, 0) is 25.0 Å². The lowest BCUT2D eigenvalue weighted by molar-refractivity contribution is 0.0805. The van der Waals surface area contributed by atoms with Crippen LogP contribution in [0.15, 0.2) is 28.7 Å². The first-order valence-corrected chi connectivity index (χ1v) is 5.99. The summed E-state index contributed by atoms with van der Waals surface area (Å²) >= 11 is 0. The predicted molar refractivity (Wildman–Crippen MR) is 69.4 cm³/mol. The third-order valence-electron chi connectivity index (χ3n) is 3.46. The van der Waals surface area contributed by atoms with Gasteiger partial charge in [0, 0.05) is 10.8 Å². The lowest BCUT2D eigenvalue weighted by Crippen LogP contribution is -2.22. The van der Waals surface area contributed by atoms with E-state index in [1.165, 1.54) is 0 Å². The summed E-state index contributed by atoms with van der Waals surface area (Å²) in [5.41, 5.74) is 1.53. The van der Waals surface area contributed by atoms with Crippen molar-refractivity contribution in [3.05, 3.63) is 35.6 Å². The highest BCUT2D eigenvalue weighted by Crippen LogP contribution is 2.30.